The van der Waals surface area contributed by atoms with Gasteiger partial charge >= 0.3 is 6.03 Å². The van der Waals surface area contributed by atoms with Crippen molar-refractivity contribution in [3.63, 3.8) is 0 Å². The minimum Gasteiger partial charge on any atom is -0.507 e. The van der Waals surface area contributed by atoms with Crippen LogP contribution in [-0.4, -0.2) is 171 Å². The fourth-order valence-corrected chi connectivity index (χ4v) is 13.8. The number of β-amino-alcohol motifs (C(OH)–C–C–N with tert-alkyl or cyclic N) is 1. The number of urea groups is 1. The van der Waals surface area contributed by atoms with Gasteiger partial charge in [-0.2, -0.15) is 0 Å². The summed E-state index contributed by atoms with van der Waals surface area (Å²) in [6.07, 6.45) is 6.80. The molecule has 10 rings (SSSR count). The normalized spacial score (nSPS) is 26.3. The zero-order valence-electron chi connectivity index (χ0n) is 45.1. The first kappa shape index (κ1) is 53.5. The van der Waals surface area contributed by atoms with Gasteiger partial charge in [0.15, 0.2) is 5.82 Å². The van der Waals surface area contributed by atoms with E-state index in [9.17, 15) is 29.4 Å². The molecule has 4 aliphatic heterocycles. The molecule has 4 atom stereocenters. The SMILES string of the molecule is CNc1nnc(-c2ccccc2O)cc1N1CCN(C(=O)N2CCOC3(CCN([C@H]4CC5(CC[C@H](C(=O)N[C@H](C(=O)N6C[C@H](O)C[C@H]6C(=O)NCc6ccc(-c7scnc7C)cc6)C(C)(C)C)CC5)C4)CC3)C2)C[C@@H]1C. The molecule has 2 aromatic carbocycles. The topological polar surface area (TPSA) is 209 Å². The fraction of sp³-hybridized carbons (Fsp3) is 0.596. The molecule has 4 saturated heterocycles. The molecule has 2 aromatic heterocycles. The highest BCUT2D eigenvalue weighted by Gasteiger charge is 2.52. The molecule has 19 heteroatoms. The highest BCUT2D eigenvalue weighted by Crippen LogP contribution is 2.55. The fourth-order valence-electron chi connectivity index (χ4n) is 13.0. The molecule has 0 radical (unpaired) electrons. The highest BCUT2D eigenvalue weighted by atomic mass is 32.1. The summed E-state index contributed by atoms with van der Waals surface area (Å²) >= 11 is 1.59. The van der Waals surface area contributed by atoms with Gasteiger partial charge in [0.2, 0.25) is 17.7 Å². The average molecular weight is 1060 g/mol. The number of hydrogen-bond acceptors (Lipinski definition) is 14. The first-order chi connectivity index (χ1) is 36.4. The van der Waals surface area contributed by atoms with Gasteiger partial charge in [0, 0.05) is 89.4 Å². The molecule has 2 spiro atoms. The van der Waals surface area contributed by atoms with Crippen molar-refractivity contribution in [2.75, 3.05) is 76.2 Å². The highest BCUT2D eigenvalue weighted by molar-refractivity contribution is 7.13. The van der Waals surface area contributed by atoms with Gasteiger partial charge in [0.05, 0.1) is 52.3 Å². The summed E-state index contributed by atoms with van der Waals surface area (Å²) in [6.45, 7) is 15.6. The third-order valence-corrected chi connectivity index (χ3v) is 18.6. The van der Waals surface area contributed by atoms with Crippen molar-refractivity contribution in [1.82, 2.24) is 45.4 Å². The Kier molecular flexibility index (Phi) is 15.4. The number of aromatic hydroxyl groups is 1. The van der Waals surface area contributed by atoms with Crippen LogP contribution in [0.1, 0.15) is 96.7 Å². The van der Waals surface area contributed by atoms with E-state index < -0.39 is 23.6 Å². The maximum atomic E-state index is 14.4. The van der Waals surface area contributed by atoms with Gasteiger partial charge in [0.25, 0.3) is 0 Å². The van der Waals surface area contributed by atoms with Crippen molar-refractivity contribution < 1.29 is 34.1 Å². The maximum absolute atomic E-state index is 14.4. The standard InChI is InChI=1S/C57H77N11O7S/c1-36-32-65(23-24-67(36)45-28-44(62-63-50(45)58-6)43-9-7-8-10-47(43)70)54(74)66-25-26-75-57(34-66)19-21-64(22-20-57)41-29-56(30-41)17-15-40(16-18-56)51(71)61-49(55(3,4)5)53(73)68-33-42(69)27-46(68)52(72)59-31-38-11-13-39(14-12-38)48-37(2)60-35-76-48/h7-14,28,35-36,40-42,46,49,69-70H,15-27,29-34H2,1-6H3,(H,58,63)(H,59,72)(H,61,71)/t36-,40-,41-,42+,46-,49+,56?/m0/s1. The van der Waals surface area contributed by atoms with Crippen LogP contribution in [0.25, 0.3) is 21.7 Å². The summed E-state index contributed by atoms with van der Waals surface area (Å²) in [6, 6.07) is 16.0. The number of carbonyl (C=O) groups is 4. The summed E-state index contributed by atoms with van der Waals surface area (Å²) in [5.41, 5.74) is 6.13. The van der Waals surface area contributed by atoms with E-state index in [4.69, 9.17) is 4.74 Å². The first-order valence-electron chi connectivity index (χ1n) is 27.5. The summed E-state index contributed by atoms with van der Waals surface area (Å²) in [4.78, 5) is 72.1. The van der Waals surface area contributed by atoms with Crippen LogP contribution in [0.15, 0.2) is 60.1 Å². The molecule has 6 fully saturated rings. The zero-order valence-corrected chi connectivity index (χ0v) is 45.9. The Labute approximate surface area is 451 Å². The van der Waals surface area contributed by atoms with Crippen LogP contribution in [0, 0.1) is 23.7 Å². The van der Waals surface area contributed by atoms with Crippen molar-refractivity contribution in [3.05, 3.63) is 71.4 Å². The number of piperidine rings is 1. The van der Waals surface area contributed by atoms with Crippen LogP contribution in [0.2, 0.25) is 0 Å². The van der Waals surface area contributed by atoms with Gasteiger partial charge in [-0.05, 0) is 105 Å². The van der Waals surface area contributed by atoms with Gasteiger partial charge in [-0.25, -0.2) is 9.78 Å². The van der Waals surface area contributed by atoms with Crippen molar-refractivity contribution in [2.45, 2.75) is 135 Å². The number of phenols is 1. The number of aromatic nitrogens is 3. The van der Waals surface area contributed by atoms with Crippen molar-refractivity contribution >= 4 is 46.6 Å². The van der Waals surface area contributed by atoms with Crippen LogP contribution in [0.3, 0.4) is 0 Å². The number of nitrogens with one attached hydrogen (secondary N) is 3. The Morgan fingerprint density at radius 1 is 0.908 bits per heavy atom. The zero-order chi connectivity index (χ0) is 53.5. The average Bonchev–Trinajstić information content (AvgIpc) is 4.05. The second-order valence-corrected chi connectivity index (χ2v) is 24.6. The van der Waals surface area contributed by atoms with E-state index in [2.05, 4.69) is 47.9 Å². The van der Waals surface area contributed by atoms with Gasteiger partial charge in [0.1, 0.15) is 17.8 Å². The summed E-state index contributed by atoms with van der Waals surface area (Å²) in [5, 5.41) is 39.4. The van der Waals surface area contributed by atoms with E-state index in [-0.39, 0.29) is 72.0 Å². The number of nitrogens with zero attached hydrogens (tertiary/aromatic N) is 8. The number of morpholine rings is 1. The quantitative estimate of drug-likeness (QED) is 0.112. The molecule has 0 unspecified atom stereocenters. The number of thiazole rings is 1. The number of aliphatic hydroxyl groups is 1. The van der Waals surface area contributed by atoms with E-state index in [0.717, 1.165) is 91.8 Å². The van der Waals surface area contributed by atoms with Crippen LogP contribution in [0.4, 0.5) is 16.3 Å². The maximum Gasteiger partial charge on any atom is 0.320 e. The molecule has 76 heavy (non-hydrogen) atoms. The van der Waals surface area contributed by atoms with Crippen LogP contribution < -0.4 is 20.9 Å². The number of carbonyl (C=O) groups excluding carboxylic acids is 4. The van der Waals surface area contributed by atoms with E-state index in [1.54, 1.807) is 23.5 Å². The lowest BCUT2D eigenvalue weighted by Crippen LogP contribution is -2.63. The third kappa shape index (κ3) is 11.1. The number of ether oxygens (including phenoxy) is 1. The minimum absolute atomic E-state index is 0.0208. The van der Waals surface area contributed by atoms with E-state index in [1.165, 1.54) is 4.90 Å². The van der Waals surface area contributed by atoms with Gasteiger partial charge in [-0.1, -0.05) is 57.2 Å². The van der Waals surface area contributed by atoms with Crippen LogP contribution in [-0.2, 0) is 25.7 Å². The second-order valence-electron chi connectivity index (χ2n) is 23.7. The lowest BCUT2D eigenvalue weighted by Gasteiger charge is -2.57. The number of hydrogen-bond donors (Lipinski definition) is 5. The number of anilines is 2. The number of rotatable bonds is 11. The van der Waals surface area contributed by atoms with Gasteiger partial charge in [-0.15, -0.1) is 21.5 Å². The second kappa shape index (κ2) is 21.9. The molecule has 5 N–H and O–H groups in total. The molecular weight excluding hydrogens is 983 g/mol. The van der Waals surface area contributed by atoms with Crippen LogP contribution >= 0.6 is 11.3 Å². The lowest BCUT2D eigenvalue weighted by molar-refractivity contribution is -0.146. The van der Waals surface area contributed by atoms with E-state index in [0.29, 0.717) is 62.4 Å². The van der Waals surface area contributed by atoms with Crippen molar-refractivity contribution in [2.24, 2.45) is 16.7 Å². The number of amides is 5. The Morgan fingerprint density at radius 2 is 1.64 bits per heavy atom. The summed E-state index contributed by atoms with van der Waals surface area (Å²) < 4.78 is 6.55. The number of para-hydroxylation sites is 1. The molecule has 2 saturated carbocycles. The van der Waals surface area contributed by atoms with E-state index >= 15 is 0 Å². The van der Waals surface area contributed by atoms with Gasteiger partial charge < -0.3 is 55.4 Å². The Hall–Kier alpha value is -5.89. The number of benzene rings is 2. The van der Waals surface area contributed by atoms with Gasteiger partial charge in [-0.3, -0.25) is 14.4 Å². The van der Waals surface area contributed by atoms with Crippen molar-refractivity contribution in [1.29, 1.82) is 0 Å². The third-order valence-electron chi connectivity index (χ3n) is 17.6. The summed E-state index contributed by atoms with van der Waals surface area (Å²) in [5.74, 6) is -0.171. The molecule has 408 valence electrons. The Morgan fingerprint density at radius 3 is 2.32 bits per heavy atom. The molecular formula is C57H77N11O7S. The molecule has 6 aliphatic rings. The molecule has 0 bridgehead atoms. The number of phenolic OH excluding ortho intramolecular Hbond substituents is 1. The minimum atomic E-state index is -0.858. The Bertz CT molecular complexity index is 2740. The number of aliphatic hydroxyl groups excluding tert-OH is 1. The molecule has 4 aromatic rings. The monoisotopic (exact) mass is 1060 g/mol. The number of likely N-dealkylation sites (tertiary alicyclic amines) is 2. The largest absolute Gasteiger partial charge is 0.507 e. The first-order valence-corrected chi connectivity index (χ1v) is 28.4. The van der Waals surface area contributed by atoms with E-state index in [1.807, 2.05) is 92.5 Å². The number of piperazine rings is 1. The van der Waals surface area contributed by atoms with Crippen LogP contribution in [0.5, 0.6) is 5.75 Å². The predicted octanol–water partition coefficient (Wildman–Crippen LogP) is 6.27. The smallest absolute Gasteiger partial charge is 0.320 e. The Balaban J connectivity index is 0.671. The number of aryl methyl sites for hydroxylation is 1. The molecule has 2 aliphatic carbocycles. The molecule has 5 amide bonds. The molecule has 18 nitrogen and oxygen atoms in total. The lowest BCUT2D eigenvalue weighted by atomic mass is 9.56. The molecule has 6 heterocycles. The predicted molar refractivity (Wildman–Crippen MR) is 293 cm³/mol. The summed E-state index contributed by atoms with van der Waals surface area (Å²) in [7, 11) is 1.82. The van der Waals surface area contributed by atoms with Crippen molar-refractivity contribution in [3.8, 4) is 27.4 Å².